The number of Topliss-reactive ketones (excluding diaryl/α,β-unsaturated/α-hetero) is 1. The molecule has 30 heteroatoms. The van der Waals surface area contributed by atoms with Crippen LogP contribution < -0.4 is 28.4 Å². The van der Waals surface area contributed by atoms with Gasteiger partial charge in [-0.3, -0.25) is 33.6 Å². The summed E-state index contributed by atoms with van der Waals surface area (Å²) in [5, 5.41) is 0.918. The van der Waals surface area contributed by atoms with Crippen LogP contribution in [-0.4, -0.2) is 208 Å². The van der Waals surface area contributed by atoms with Crippen molar-refractivity contribution in [2.45, 2.75) is 310 Å². The number of halogens is 1. The molecule has 3 amide bonds. The van der Waals surface area contributed by atoms with E-state index in [9.17, 15) is 43.2 Å². The molecule has 9 heterocycles. The number of aryl methyl sites for hydroxylation is 3. The van der Waals surface area contributed by atoms with E-state index in [2.05, 4.69) is 0 Å². The molecule has 4 aliphatic carbocycles. The average molecular weight is 1880 g/mol. The Morgan fingerprint density at radius 2 is 1.02 bits per heavy atom. The Bertz CT molecular complexity index is 5140. The van der Waals surface area contributed by atoms with Gasteiger partial charge in [0.1, 0.15) is 70.1 Å². The van der Waals surface area contributed by atoms with Gasteiger partial charge >= 0.3 is 17.9 Å². The summed E-state index contributed by atoms with van der Waals surface area (Å²) >= 11 is 0. The molecule has 3 aromatic heterocycles. The van der Waals surface area contributed by atoms with E-state index in [0.29, 0.717) is 94.2 Å². The number of nitrogens with zero attached hydrogens (tertiary/aromatic N) is 8. The summed E-state index contributed by atoms with van der Waals surface area (Å²) in [6, 6.07) is 15.7. The zero-order valence-corrected chi connectivity index (χ0v) is 82.2. The van der Waals surface area contributed by atoms with Crippen molar-refractivity contribution in [3.05, 3.63) is 77.7 Å². The van der Waals surface area contributed by atoms with Crippen molar-refractivity contribution in [2.24, 2.45) is 69.5 Å². The standard InChI is InChI=1S/C35H45FN3O6.C35H48N2O6.C31H40N3O7.2V/c1-6-35(36)29(19-40)39-18-30(35)45-32-26(37-25-13-12-21(43-5)16-27(25)38-32)11-9-7-8-10-22-23-14-20(23)15-28(22)44-31(41)17-24(33(39)42)34(2,3)4;1-8-25-30-20-37(32(25)21(2)38)33(40)26(34(3,4)5)18-31(39)43-35(6)19-23(35)12-10-9-11-13-28-29(42-30)17-22-16-24(41-7)14-15-27(22)36-28;1-31(2,3)20-15-27(36)40-25-13-18(25)9-7-6-8-10-22-29(33-23-14-19(38-4)11-12-21(23)32-22)41-26-16-34(30(20)37)24(17-35)28(26)39-5;;/h12-13,16,20,22-24,28-30H,6-11,14-15,17-18H2,1-5H3;14-17,23,25-26,30,32H,8-13,18-20H2,1-7H3;11-12,14,18,20,24-26,28H,6-10,13,15-16H2,1-5H3;;/q-1;;-1;;/t20?,22-,23?,24-,28-,29-,30+,35-;23-,25-,26-,30+,32-,35-;18-,20-,24-,25-,26+,28+;;/m111../s1. The fourth-order valence-corrected chi connectivity index (χ4v) is 21.2. The normalized spacial score (nSPS) is 30.9. The minimum absolute atomic E-state index is 0. The number of benzene rings is 3. The molecule has 0 N–H and O–H groups in total. The maximum Gasteiger partial charge on any atom is 0.307 e. The number of hydrogen-bond donors (Lipinski definition) is 0. The Balaban J connectivity index is 0.000000176. The minimum atomic E-state index is -2.22. The third-order valence-electron chi connectivity index (χ3n) is 29.3. The number of ketones is 1. The van der Waals surface area contributed by atoms with Crippen molar-refractivity contribution >= 4 is 87.0 Å². The zero-order chi connectivity index (χ0) is 92.5. The Kier molecular flexibility index (Phi) is 32.6. The molecule has 131 heavy (non-hydrogen) atoms. The Hall–Kier alpha value is -8.56. The van der Waals surface area contributed by atoms with E-state index in [1.807, 2.05) is 137 Å². The Morgan fingerprint density at radius 3 is 1.56 bits per heavy atom. The minimum Gasteiger partial charge on any atom is -0.540 e. The van der Waals surface area contributed by atoms with E-state index >= 15 is 4.39 Å². The molecule has 2 unspecified atom stereocenters. The van der Waals surface area contributed by atoms with Crippen LogP contribution in [-0.2, 0) is 118 Å². The van der Waals surface area contributed by atoms with Gasteiger partial charge in [0.2, 0.25) is 29.5 Å². The summed E-state index contributed by atoms with van der Waals surface area (Å²) in [6.07, 6.45) is 18.5. The molecule has 2 radical (unpaired) electrons. The molecule has 27 nitrogen and oxygen atoms in total. The van der Waals surface area contributed by atoms with Crippen molar-refractivity contribution in [3.63, 3.8) is 0 Å². The van der Waals surface area contributed by atoms with E-state index in [1.165, 1.54) is 23.3 Å². The van der Waals surface area contributed by atoms with E-state index in [1.54, 1.807) is 52.2 Å². The first-order valence-corrected chi connectivity index (χ1v) is 47.1. The second kappa shape index (κ2) is 42.1. The summed E-state index contributed by atoms with van der Waals surface area (Å²) in [5.41, 5.74) is 1.31. The van der Waals surface area contributed by atoms with E-state index in [4.69, 9.17) is 72.3 Å². The summed E-state index contributed by atoms with van der Waals surface area (Å²) in [4.78, 5) is 149. The van der Waals surface area contributed by atoms with E-state index in [-0.39, 0.29) is 142 Å². The third kappa shape index (κ3) is 22.8. The van der Waals surface area contributed by atoms with Crippen LogP contribution in [0.4, 0.5) is 4.39 Å². The second-order valence-corrected chi connectivity index (χ2v) is 41.2. The summed E-state index contributed by atoms with van der Waals surface area (Å²) in [7, 11) is 6.29. The Morgan fingerprint density at radius 1 is 0.511 bits per heavy atom. The number of hydrogen-bond acceptors (Lipinski definition) is 24. The zero-order valence-electron chi connectivity index (χ0n) is 79.4. The van der Waals surface area contributed by atoms with Crippen LogP contribution in [0, 0.1) is 69.5 Å². The quantitative estimate of drug-likeness (QED) is 0.0737. The van der Waals surface area contributed by atoms with Gasteiger partial charge in [0, 0.05) is 73.6 Å². The molecular formula is C101H133FN8O19V2-2. The predicted octanol–water partition coefficient (Wildman–Crippen LogP) is 15.7. The first-order chi connectivity index (χ1) is 61.4. The van der Waals surface area contributed by atoms with Crippen LogP contribution in [0.3, 0.4) is 0 Å². The van der Waals surface area contributed by atoms with Crippen molar-refractivity contribution in [1.82, 2.24) is 39.6 Å². The van der Waals surface area contributed by atoms with Gasteiger partial charge in [0.25, 0.3) is 0 Å². The molecule has 6 aromatic rings. The average Bonchev–Trinajstić information content (AvgIpc) is 1.60. The molecule has 16 rings (SSSR count). The van der Waals surface area contributed by atoms with Crippen molar-refractivity contribution < 1.29 is 132 Å². The maximum atomic E-state index is 16.9. The van der Waals surface area contributed by atoms with Crippen LogP contribution in [0.5, 0.6) is 34.8 Å². The second-order valence-electron chi connectivity index (χ2n) is 41.2. The van der Waals surface area contributed by atoms with Crippen molar-refractivity contribution in [2.75, 3.05) is 48.1 Å². The van der Waals surface area contributed by atoms with Crippen LogP contribution >= 0.6 is 0 Å². The number of carbonyl (C=O) groups is 7. The largest absolute Gasteiger partial charge is 0.540 e. The number of methoxy groups -OCH3 is 4. The molecule has 10 aliphatic rings. The summed E-state index contributed by atoms with van der Waals surface area (Å²) < 4.78 is 76.3. The number of pyridine rings is 1. The number of carbonyl (C=O) groups excluding carboxylic acids is 9. The fraction of sp³-hybridized carbons (Fsp3) is 0.663. The monoisotopic (exact) mass is 1880 g/mol. The van der Waals surface area contributed by atoms with Crippen LogP contribution in [0.2, 0.25) is 0 Å². The number of esters is 3. The van der Waals surface area contributed by atoms with Gasteiger partial charge in [-0.15, -0.1) is 0 Å². The van der Waals surface area contributed by atoms with Crippen LogP contribution in [0.15, 0.2) is 60.7 Å². The molecule has 7 fully saturated rings. The van der Waals surface area contributed by atoms with Crippen LogP contribution in [0.25, 0.3) is 33.0 Å². The molecule has 20 atom stereocenters. The number of aromatic nitrogens is 5. The number of amides is 3. The Labute approximate surface area is 793 Å². The number of ether oxygens (including phenoxy) is 10. The van der Waals surface area contributed by atoms with Gasteiger partial charge in [-0.2, -0.15) is 0 Å². The number of rotatable bonds is 9. The smallest absolute Gasteiger partial charge is 0.307 e. The van der Waals surface area contributed by atoms with Gasteiger partial charge < -0.3 is 71.7 Å². The molecule has 6 aliphatic heterocycles. The maximum absolute atomic E-state index is 16.9. The van der Waals surface area contributed by atoms with Crippen molar-refractivity contribution in [1.29, 1.82) is 0 Å². The predicted molar refractivity (Wildman–Crippen MR) is 480 cm³/mol. The van der Waals surface area contributed by atoms with Gasteiger partial charge in [-0.05, 0) is 211 Å². The van der Waals surface area contributed by atoms with Gasteiger partial charge in [0.15, 0.2) is 11.9 Å². The molecular weight excluding hydrogens is 1750 g/mol. The first-order valence-electron chi connectivity index (χ1n) is 47.1. The first kappa shape index (κ1) is 101. The third-order valence-corrected chi connectivity index (χ3v) is 29.3. The van der Waals surface area contributed by atoms with Crippen LogP contribution in [0.1, 0.15) is 242 Å². The molecule has 710 valence electrons. The number of fused-ring (bicyclic) bond motifs is 17. The van der Waals surface area contributed by atoms with Gasteiger partial charge in [0.05, 0.1) is 123 Å². The molecule has 0 spiro atoms. The van der Waals surface area contributed by atoms with E-state index in [0.717, 1.165) is 136 Å². The van der Waals surface area contributed by atoms with Crippen molar-refractivity contribution in [3.8, 4) is 34.8 Å². The SMILES string of the molecule is CC[C@@H]1[C@@H]2CN(C(=O)[C@H](C(C)(C)C)CC(=O)O[C@]3(C)C[C@H]3CCCCCc3nc4ccc(OC)cc4cc3O2)[C@@H]1C(C)=O.CC[C@]1(F)[C@@H]2CN(C(=O)[C@H](C(C)(C)C)CC(=O)O[C@@H]3CC4CC4[C@H]3CCCCCc3nc4ccc(OC)cc4nc3O2)[C@@H]1[C-]=O.COc1ccc2nc3c(nc2c1)O[C@H]1CN(C(=O)[C@H](C(C)(C)C)CC(=O)O[C@@H]2C[C@H]2CCCCC3)[C@H]([C-]=O)[C@@H]1OC.[V].[V]. The molecule has 6 bridgehead atoms. The summed E-state index contributed by atoms with van der Waals surface area (Å²) in [6.45, 7) is 24.7. The molecule has 3 saturated heterocycles. The van der Waals surface area contributed by atoms with Gasteiger partial charge in [-0.25, -0.2) is 41.9 Å². The molecule has 4 saturated carbocycles. The van der Waals surface area contributed by atoms with E-state index < -0.39 is 93.6 Å². The fourth-order valence-electron chi connectivity index (χ4n) is 21.2. The number of alkyl halides is 1. The topological polar surface area (TPSA) is 320 Å². The van der Waals surface area contributed by atoms with Gasteiger partial charge in [-0.1, -0.05) is 115 Å². The summed E-state index contributed by atoms with van der Waals surface area (Å²) in [5.74, 6) is 1.04. The molecule has 3 aromatic carbocycles.